The third kappa shape index (κ3) is 4.44. The van der Waals surface area contributed by atoms with E-state index in [1.807, 2.05) is 0 Å². The number of nitrogens with zero attached hydrogens (tertiary/aromatic N) is 2. The molecule has 0 N–H and O–H groups in total. The molecule has 2 nitrogen and oxygen atoms in total. The van der Waals surface area contributed by atoms with Crippen LogP contribution in [0.3, 0.4) is 0 Å². The summed E-state index contributed by atoms with van der Waals surface area (Å²) in [6.45, 7) is 15.5. The molecule has 26 heavy (non-hydrogen) atoms. The summed E-state index contributed by atoms with van der Waals surface area (Å²) in [6.07, 6.45) is 8.31. The van der Waals surface area contributed by atoms with Crippen LogP contribution in [0.25, 0.3) is 0 Å². The smallest absolute Gasteiger partial charge is 0.0402 e. The number of rotatable bonds is 6. The molecule has 1 aromatic rings. The first-order chi connectivity index (χ1) is 12.6. The molecule has 0 unspecified atom stereocenters. The molecule has 146 valence electrons. The molecule has 0 atom stereocenters. The molecule has 0 bridgehead atoms. The summed E-state index contributed by atoms with van der Waals surface area (Å²) in [5.41, 5.74) is 3.79. The van der Waals surface area contributed by atoms with Gasteiger partial charge in [0, 0.05) is 38.4 Å². The van der Waals surface area contributed by atoms with Crippen molar-refractivity contribution in [3.63, 3.8) is 0 Å². The molecule has 2 aliphatic rings. The van der Waals surface area contributed by atoms with Gasteiger partial charge < -0.3 is 4.90 Å². The van der Waals surface area contributed by atoms with Gasteiger partial charge in [0.05, 0.1) is 0 Å². The summed E-state index contributed by atoms with van der Waals surface area (Å²) in [6, 6.07) is 9.31. The second kappa shape index (κ2) is 8.78. The number of hydrogen-bond donors (Lipinski definition) is 0. The second-order valence-corrected chi connectivity index (χ2v) is 9.22. The van der Waals surface area contributed by atoms with Gasteiger partial charge in [0.2, 0.25) is 0 Å². The van der Waals surface area contributed by atoms with Crippen molar-refractivity contribution in [1.82, 2.24) is 4.90 Å². The van der Waals surface area contributed by atoms with Gasteiger partial charge in [0.15, 0.2) is 0 Å². The monoisotopic (exact) mass is 356 g/mol. The zero-order chi connectivity index (χ0) is 18.6. The van der Waals surface area contributed by atoms with E-state index in [4.69, 9.17) is 0 Å². The maximum absolute atomic E-state index is 2.66. The summed E-state index contributed by atoms with van der Waals surface area (Å²) in [5.74, 6) is 1.54. The van der Waals surface area contributed by atoms with E-state index in [1.54, 1.807) is 5.56 Å². The molecule has 1 aliphatic heterocycles. The highest BCUT2D eigenvalue weighted by Gasteiger charge is 2.33. The van der Waals surface area contributed by atoms with E-state index in [-0.39, 0.29) is 0 Å². The van der Waals surface area contributed by atoms with E-state index in [0.717, 1.165) is 11.8 Å². The number of para-hydroxylation sites is 1. The Hall–Kier alpha value is -1.02. The Morgan fingerprint density at radius 1 is 0.962 bits per heavy atom. The Labute approximate surface area is 162 Å². The molecule has 0 amide bonds. The fourth-order valence-corrected chi connectivity index (χ4v) is 5.31. The SMILES string of the molecule is CCC1(CC)CCC(c2ccccc2N2CCN(CC(C)C)CC2)CC1. The van der Waals surface area contributed by atoms with E-state index >= 15 is 0 Å². The van der Waals surface area contributed by atoms with Crippen molar-refractivity contribution in [2.24, 2.45) is 11.3 Å². The van der Waals surface area contributed by atoms with Gasteiger partial charge in [0.25, 0.3) is 0 Å². The average molecular weight is 357 g/mol. The summed E-state index contributed by atoms with van der Waals surface area (Å²) in [5, 5.41) is 0. The minimum atomic E-state index is 0.633. The molecule has 0 aromatic heterocycles. The molecule has 1 saturated heterocycles. The minimum absolute atomic E-state index is 0.633. The first-order valence-electron chi connectivity index (χ1n) is 11.1. The molecule has 1 aromatic carbocycles. The Bertz CT molecular complexity index is 543. The lowest BCUT2D eigenvalue weighted by molar-refractivity contribution is 0.159. The summed E-state index contributed by atoms with van der Waals surface area (Å²) in [7, 11) is 0. The quantitative estimate of drug-likeness (QED) is 0.623. The largest absolute Gasteiger partial charge is 0.369 e. The average Bonchev–Trinajstić information content (AvgIpc) is 2.68. The lowest BCUT2D eigenvalue weighted by Crippen LogP contribution is -2.47. The van der Waals surface area contributed by atoms with Crippen LogP contribution in [0.4, 0.5) is 5.69 Å². The van der Waals surface area contributed by atoms with Crippen LogP contribution in [0.2, 0.25) is 0 Å². The molecule has 0 radical (unpaired) electrons. The highest BCUT2D eigenvalue weighted by Crippen LogP contribution is 2.48. The van der Waals surface area contributed by atoms with Gasteiger partial charge in [-0.15, -0.1) is 0 Å². The Kier molecular flexibility index (Phi) is 6.66. The first kappa shape index (κ1) is 19.7. The second-order valence-electron chi connectivity index (χ2n) is 9.22. The van der Waals surface area contributed by atoms with Gasteiger partial charge in [-0.3, -0.25) is 4.90 Å². The fourth-order valence-electron chi connectivity index (χ4n) is 5.31. The van der Waals surface area contributed by atoms with Gasteiger partial charge >= 0.3 is 0 Å². The normalized spacial score (nSPS) is 22.1. The Morgan fingerprint density at radius 3 is 2.15 bits per heavy atom. The minimum Gasteiger partial charge on any atom is -0.369 e. The number of anilines is 1. The van der Waals surface area contributed by atoms with Crippen molar-refractivity contribution in [1.29, 1.82) is 0 Å². The fraction of sp³-hybridized carbons (Fsp3) is 0.750. The van der Waals surface area contributed by atoms with Gasteiger partial charge in [-0.05, 0) is 54.6 Å². The molecular formula is C24H40N2. The molecule has 3 rings (SSSR count). The highest BCUT2D eigenvalue weighted by molar-refractivity contribution is 5.55. The topological polar surface area (TPSA) is 6.48 Å². The molecule has 0 spiro atoms. The standard InChI is InChI=1S/C24H40N2/c1-5-24(6-2)13-11-21(12-14-24)22-9-7-8-10-23(22)26-17-15-25(16-18-26)19-20(3)4/h7-10,20-21H,5-6,11-19H2,1-4H3. The van der Waals surface area contributed by atoms with Crippen LogP contribution in [0.15, 0.2) is 24.3 Å². The number of hydrogen-bond acceptors (Lipinski definition) is 2. The highest BCUT2D eigenvalue weighted by atomic mass is 15.3. The lowest BCUT2D eigenvalue weighted by atomic mass is 9.66. The zero-order valence-electron chi connectivity index (χ0n) is 17.6. The molecule has 1 heterocycles. The predicted molar refractivity (Wildman–Crippen MR) is 114 cm³/mol. The molecule has 2 heteroatoms. The third-order valence-corrected chi connectivity index (χ3v) is 7.26. The van der Waals surface area contributed by atoms with Crippen LogP contribution in [0.1, 0.15) is 77.7 Å². The maximum atomic E-state index is 2.66. The first-order valence-corrected chi connectivity index (χ1v) is 11.1. The van der Waals surface area contributed by atoms with E-state index in [9.17, 15) is 0 Å². The van der Waals surface area contributed by atoms with Gasteiger partial charge in [-0.2, -0.15) is 0 Å². The van der Waals surface area contributed by atoms with Crippen molar-refractivity contribution in [2.75, 3.05) is 37.6 Å². The van der Waals surface area contributed by atoms with Gasteiger partial charge in [-0.1, -0.05) is 58.7 Å². The van der Waals surface area contributed by atoms with Crippen molar-refractivity contribution >= 4 is 5.69 Å². The molecule has 1 saturated carbocycles. The van der Waals surface area contributed by atoms with E-state index < -0.39 is 0 Å². The molecular weight excluding hydrogens is 316 g/mol. The number of benzene rings is 1. The molecule has 1 aliphatic carbocycles. The Balaban J connectivity index is 1.66. The van der Waals surface area contributed by atoms with Crippen molar-refractivity contribution in [2.45, 2.75) is 72.1 Å². The van der Waals surface area contributed by atoms with Crippen LogP contribution in [0.5, 0.6) is 0 Å². The van der Waals surface area contributed by atoms with Crippen molar-refractivity contribution in [3.8, 4) is 0 Å². The van der Waals surface area contributed by atoms with Gasteiger partial charge in [0.1, 0.15) is 0 Å². The summed E-state index contributed by atoms with van der Waals surface area (Å²) in [4.78, 5) is 5.30. The summed E-state index contributed by atoms with van der Waals surface area (Å²) < 4.78 is 0. The predicted octanol–water partition coefficient (Wildman–Crippen LogP) is 5.93. The number of piperazine rings is 1. The maximum Gasteiger partial charge on any atom is 0.0402 e. The summed E-state index contributed by atoms with van der Waals surface area (Å²) >= 11 is 0. The van der Waals surface area contributed by atoms with Crippen LogP contribution in [0, 0.1) is 11.3 Å². The van der Waals surface area contributed by atoms with Gasteiger partial charge in [-0.25, -0.2) is 0 Å². The molecule has 2 fully saturated rings. The van der Waals surface area contributed by atoms with E-state index in [1.165, 1.54) is 76.9 Å². The Morgan fingerprint density at radius 2 is 1.58 bits per heavy atom. The third-order valence-electron chi connectivity index (χ3n) is 7.26. The van der Waals surface area contributed by atoms with Crippen LogP contribution < -0.4 is 4.90 Å². The lowest BCUT2D eigenvalue weighted by Gasteiger charge is -2.42. The van der Waals surface area contributed by atoms with Crippen LogP contribution in [-0.2, 0) is 0 Å². The van der Waals surface area contributed by atoms with E-state index in [2.05, 4.69) is 61.8 Å². The van der Waals surface area contributed by atoms with Crippen molar-refractivity contribution < 1.29 is 0 Å². The van der Waals surface area contributed by atoms with E-state index in [0.29, 0.717) is 5.41 Å². The zero-order valence-corrected chi connectivity index (χ0v) is 17.6. The van der Waals surface area contributed by atoms with Crippen molar-refractivity contribution in [3.05, 3.63) is 29.8 Å². The van der Waals surface area contributed by atoms with Crippen LogP contribution >= 0.6 is 0 Å². The van der Waals surface area contributed by atoms with Crippen LogP contribution in [-0.4, -0.2) is 37.6 Å².